The van der Waals surface area contributed by atoms with Crippen LogP contribution in [0, 0.1) is 0 Å². The molecule has 3 nitrogen and oxygen atoms in total. The third-order valence-electron chi connectivity index (χ3n) is 2.88. The largest absolute Gasteiger partial charge is 0.497 e. The van der Waals surface area contributed by atoms with E-state index in [9.17, 15) is 0 Å². The molecule has 0 atom stereocenters. The Morgan fingerprint density at radius 1 is 0.950 bits per heavy atom. The average molecular weight is 312 g/mol. The highest BCUT2D eigenvalue weighted by molar-refractivity contribution is 6.36. The van der Waals surface area contributed by atoms with Crippen molar-refractivity contribution in [2.45, 2.75) is 6.54 Å². The molecule has 2 aromatic rings. The van der Waals surface area contributed by atoms with E-state index in [1.54, 1.807) is 14.2 Å². The van der Waals surface area contributed by atoms with Crippen LogP contribution in [0.4, 0.5) is 5.69 Å². The molecule has 0 aliphatic rings. The second-order valence-corrected chi connectivity index (χ2v) is 4.97. The van der Waals surface area contributed by atoms with Gasteiger partial charge in [-0.1, -0.05) is 29.3 Å². The Bertz CT molecular complexity index is 560. The third kappa shape index (κ3) is 3.50. The normalized spacial score (nSPS) is 10.2. The second-order valence-electron chi connectivity index (χ2n) is 4.16. The fourth-order valence-corrected chi connectivity index (χ4v) is 2.33. The van der Waals surface area contributed by atoms with E-state index >= 15 is 0 Å². The molecule has 0 spiro atoms. The molecule has 20 heavy (non-hydrogen) atoms. The molecule has 0 aliphatic heterocycles. The van der Waals surface area contributed by atoms with Crippen LogP contribution in [0.3, 0.4) is 0 Å². The number of methoxy groups -OCH3 is 2. The van der Waals surface area contributed by atoms with Gasteiger partial charge in [-0.25, -0.2) is 0 Å². The highest BCUT2D eigenvalue weighted by Crippen LogP contribution is 2.28. The van der Waals surface area contributed by atoms with Crippen molar-refractivity contribution in [3.8, 4) is 11.5 Å². The van der Waals surface area contributed by atoms with Gasteiger partial charge in [-0.3, -0.25) is 0 Å². The van der Waals surface area contributed by atoms with Crippen LogP contribution in [0.2, 0.25) is 10.0 Å². The quantitative estimate of drug-likeness (QED) is 0.873. The number of hydrogen-bond donors (Lipinski definition) is 1. The molecular formula is C15H15Cl2NO2. The van der Waals surface area contributed by atoms with Gasteiger partial charge in [0.15, 0.2) is 0 Å². The number of anilines is 1. The molecule has 106 valence electrons. The lowest BCUT2D eigenvalue weighted by Crippen LogP contribution is -2.01. The van der Waals surface area contributed by atoms with Crippen LogP contribution in [-0.2, 0) is 6.54 Å². The average Bonchev–Trinajstić information content (AvgIpc) is 2.46. The van der Waals surface area contributed by atoms with E-state index < -0.39 is 0 Å². The van der Waals surface area contributed by atoms with Gasteiger partial charge in [0.2, 0.25) is 0 Å². The van der Waals surface area contributed by atoms with Crippen molar-refractivity contribution in [1.82, 2.24) is 0 Å². The first-order valence-electron chi connectivity index (χ1n) is 6.04. The Kier molecular flexibility index (Phi) is 4.99. The molecule has 0 amide bonds. The summed E-state index contributed by atoms with van der Waals surface area (Å²) in [5, 5.41) is 4.54. The predicted octanol–water partition coefficient (Wildman–Crippen LogP) is 4.62. The molecule has 0 bridgehead atoms. The van der Waals surface area contributed by atoms with E-state index in [1.165, 1.54) is 0 Å². The predicted molar refractivity (Wildman–Crippen MR) is 83.3 cm³/mol. The first-order valence-corrected chi connectivity index (χ1v) is 6.79. The summed E-state index contributed by atoms with van der Waals surface area (Å²) in [5.74, 6) is 1.44. The van der Waals surface area contributed by atoms with Crippen molar-refractivity contribution in [2.75, 3.05) is 19.5 Å². The summed E-state index contributed by atoms with van der Waals surface area (Å²) in [6, 6.07) is 11.0. The van der Waals surface area contributed by atoms with Gasteiger partial charge in [-0.15, -0.1) is 0 Å². The van der Waals surface area contributed by atoms with E-state index in [2.05, 4.69) is 5.32 Å². The molecule has 2 aromatic carbocycles. The smallest absolute Gasteiger partial charge is 0.124 e. The minimum Gasteiger partial charge on any atom is -0.497 e. The summed E-state index contributed by atoms with van der Waals surface area (Å²) in [4.78, 5) is 0. The topological polar surface area (TPSA) is 30.5 Å². The number of benzene rings is 2. The van der Waals surface area contributed by atoms with Crippen LogP contribution in [-0.4, -0.2) is 14.2 Å². The summed E-state index contributed by atoms with van der Waals surface area (Å²) < 4.78 is 10.4. The van der Waals surface area contributed by atoms with E-state index in [4.69, 9.17) is 32.7 Å². The zero-order valence-corrected chi connectivity index (χ0v) is 12.8. The van der Waals surface area contributed by atoms with Gasteiger partial charge < -0.3 is 14.8 Å². The van der Waals surface area contributed by atoms with Crippen LogP contribution >= 0.6 is 23.2 Å². The van der Waals surface area contributed by atoms with Crippen molar-refractivity contribution in [3.05, 3.63) is 52.0 Å². The van der Waals surface area contributed by atoms with Crippen molar-refractivity contribution < 1.29 is 9.47 Å². The SMILES string of the molecule is COc1cc(NCc2c(Cl)cccc2Cl)cc(OC)c1. The van der Waals surface area contributed by atoms with Crippen LogP contribution in [0.1, 0.15) is 5.56 Å². The van der Waals surface area contributed by atoms with Crippen molar-refractivity contribution in [2.24, 2.45) is 0 Å². The third-order valence-corrected chi connectivity index (χ3v) is 3.59. The standard InChI is InChI=1S/C15H15Cl2NO2/c1-19-11-6-10(7-12(8-11)20-2)18-9-13-14(16)4-3-5-15(13)17/h3-8,18H,9H2,1-2H3. The van der Waals surface area contributed by atoms with Gasteiger partial charge in [0, 0.05) is 46.0 Å². The van der Waals surface area contributed by atoms with Crippen LogP contribution in [0.15, 0.2) is 36.4 Å². The molecule has 0 heterocycles. The molecular weight excluding hydrogens is 297 g/mol. The highest BCUT2D eigenvalue weighted by Gasteiger charge is 2.06. The van der Waals surface area contributed by atoms with Gasteiger partial charge in [-0.05, 0) is 12.1 Å². The van der Waals surface area contributed by atoms with Crippen LogP contribution in [0.5, 0.6) is 11.5 Å². The molecule has 0 saturated carbocycles. The number of ether oxygens (including phenoxy) is 2. The first kappa shape index (κ1) is 14.8. The van der Waals surface area contributed by atoms with Gasteiger partial charge in [-0.2, -0.15) is 0 Å². The summed E-state index contributed by atoms with van der Waals surface area (Å²) in [6.07, 6.45) is 0. The molecule has 0 aliphatic carbocycles. The van der Waals surface area contributed by atoms with E-state index in [0.29, 0.717) is 16.6 Å². The number of hydrogen-bond acceptors (Lipinski definition) is 3. The number of halogens is 2. The molecule has 5 heteroatoms. The second kappa shape index (κ2) is 6.73. The summed E-state index contributed by atoms with van der Waals surface area (Å²) in [5.41, 5.74) is 1.73. The molecule has 1 N–H and O–H groups in total. The maximum atomic E-state index is 6.14. The minimum absolute atomic E-state index is 0.523. The van der Waals surface area contributed by atoms with Gasteiger partial charge >= 0.3 is 0 Å². The Morgan fingerprint density at radius 2 is 1.50 bits per heavy atom. The van der Waals surface area contributed by atoms with Crippen molar-refractivity contribution >= 4 is 28.9 Å². The Labute approximate surface area is 128 Å². The molecule has 0 unspecified atom stereocenters. The Morgan fingerprint density at radius 3 is 2.00 bits per heavy atom. The maximum Gasteiger partial charge on any atom is 0.124 e. The fraction of sp³-hybridized carbons (Fsp3) is 0.200. The molecule has 2 rings (SSSR count). The molecule has 0 fully saturated rings. The fourth-order valence-electron chi connectivity index (χ4n) is 1.80. The summed E-state index contributed by atoms with van der Waals surface area (Å²) >= 11 is 12.3. The maximum absolute atomic E-state index is 6.14. The summed E-state index contributed by atoms with van der Waals surface area (Å²) in [6.45, 7) is 0.523. The summed E-state index contributed by atoms with van der Waals surface area (Å²) in [7, 11) is 3.23. The lowest BCUT2D eigenvalue weighted by Gasteiger charge is -2.12. The van der Waals surface area contributed by atoms with E-state index in [-0.39, 0.29) is 0 Å². The van der Waals surface area contributed by atoms with Crippen LogP contribution < -0.4 is 14.8 Å². The van der Waals surface area contributed by atoms with Crippen molar-refractivity contribution in [1.29, 1.82) is 0 Å². The van der Waals surface area contributed by atoms with Gasteiger partial charge in [0.05, 0.1) is 14.2 Å². The van der Waals surface area contributed by atoms with Gasteiger partial charge in [0.1, 0.15) is 11.5 Å². The Hall–Kier alpha value is -1.58. The minimum atomic E-state index is 0.523. The monoisotopic (exact) mass is 311 g/mol. The van der Waals surface area contributed by atoms with E-state index in [1.807, 2.05) is 36.4 Å². The highest BCUT2D eigenvalue weighted by atomic mass is 35.5. The Balaban J connectivity index is 2.18. The first-order chi connectivity index (χ1) is 9.63. The van der Waals surface area contributed by atoms with E-state index in [0.717, 1.165) is 22.7 Å². The van der Waals surface area contributed by atoms with Crippen LogP contribution in [0.25, 0.3) is 0 Å². The molecule has 0 aromatic heterocycles. The van der Waals surface area contributed by atoms with Crippen molar-refractivity contribution in [3.63, 3.8) is 0 Å². The molecule has 0 saturated heterocycles. The van der Waals surface area contributed by atoms with Gasteiger partial charge in [0.25, 0.3) is 0 Å². The lowest BCUT2D eigenvalue weighted by molar-refractivity contribution is 0.394. The lowest BCUT2D eigenvalue weighted by atomic mass is 10.2. The zero-order valence-electron chi connectivity index (χ0n) is 11.2. The number of nitrogens with one attached hydrogen (secondary N) is 1. The number of rotatable bonds is 5. The molecule has 0 radical (unpaired) electrons. The zero-order chi connectivity index (χ0) is 14.5.